The quantitative estimate of drug-likeness (QED) is 0.208. The summed E-state index contributed by atoms with van der Waals surface area (Å²) in [5.41, 5.74) is 4.46. The molecule has 2 aromatic heterocycles. The van der Waals surface area contributed by atoms with Crippen LogP contribution in [0.4, 0.5) is 4.39 Å². The largest absolute Gasteiger partial charge is 0.497 e. The summed E-state index contributed by atoms with van der Waals surface area (Å²) in [6.45, 7) is 2.93. The Balaban J connectivity index is 1.19. The highest BCUT2D eigenvalue weighted by atomic mass is 35.5. The lowest BCUT2D eigenvalue weighted by Crippen LogP contribution is -2.43. The molecule has 1 N–H and O–H groups in total. The average molecular weight is 607 g/mol. The van der Waals surface area contributed by atoms with E-state index < -0.39 is 18.0 Å². The van der Waals surface area contributed by atoms with Crippen LogP contribution in [0.5, 0.6) is 11.5 Å². The maximum absolute atomic E-state index is 15.3. The van der Waals surface area contributed by atoms with Crippen molar-refractivity contribution < 1.29 is 19.0 Å². The first-order valence-electron chi connectivity index (χ1n) is 13.9. The number of fused-ring (bicyclic) bond motifs is 3. The van der Waals surface area contributed by atoms with E-state index in [1.54, 1.807) is 19.2 Å². The standard InChI is InChI=1S/C32H32ClFN4O3S/c1-20-36-38-31-28(35-32(38)42-20)14-15-37(30(31)26-13-12-23(33)17-27(26)34)18-24(39)19-41-29-9-4-3-7-22(29)11-10-21-6-5-8-25(16-21)40-2/h3-9,12-13,16-17,24,30,39H,10-11,14-15,18-19H2,1-2H3. The number of imidazole rings is 1. The number of para-hydroxylation sites is 1. The smallest absolute Gasteiger partial charge is 0.212 e. The highest BCUT2D eigenvalue weighted by Crippen LogP contribution is 2.38. The number of aromatic nitrogens is 3. The molecular weight excluding hydrogens is 575 g/mol. The molecule has 0 saturated carbocycles. The number of methoxy groups -OCH3 is 1. The Labute approximate surface area is 253 Å². The average Bonchev–Trinajstić information content (AvgIpc) is 3.51. The van der Waals surface area contributed by atoms with Crippen molar-refractivity contribution >= 4 is 27.9 Å². The fourth-order valence-corrected chi connectivity index (χ4v) is 6.57. The third-order valence-corrected chi connectivity index (χ3v) is 8.66. The van der Waals surface area contributed by atoms with Crippen LogP contribution in [0.3, 0.4) is 0 Å². The molecule has 0 spiro atoms. The van der Waals surface area contributed by atoms with Crippen LogP contribution in [-0.2, 0) is 19.3 Å². The van der Waals surface area contributed by atoms with Crippen LogP contribution in [-0.4, -0.2) is 57.5 Å². The maximum atomic E-state index is 15.3. The molecule has 6 rings (SSSR count). The highest BCUT2D eigenvalue weighted by molar-refractivity contribution is 7.16. The van der Waals surface area contributed by atoms with Crippen LogP contribution in [0, 0.1) is 12.7 Å². The van der Waals surface area contributed by atoms with Gasteiger partial charge < -0.3 is 14.6 Å². The normalized spacial score (nSPS) is 16.0. The van der Waals surface area contributed by atoms with Gasteiger partial charge in [-0.2, -0.15) is 5.10 Å². The minimum atomic E-state index is -0.809. The molecular formula is C32H32ClFN4O3S. The van der Waals surface area contributed by atoms with Crippen LogP contribution < -0.4 is 9.47 Å². The van der Waals surface area contributed by atoms with E-state index in [1.807, 2.05) is 53.9 Å². The zero-order valence-electron chi connectivity index (χ0n) is 23.5. The fraction of sp³-hybridized carbons (Fsp3) is 0.312. The number of benzene rings is 3. The summed E-state index contributed by atoms with van der Waals surface area (Å²) in [6, 6.07) is 20.2. The second-order valence-corrected chi connectivity index (χ2v) is 12.1. The number of nitrogens with zero attached hydrogens (tertiary/aromatic N) is 4. The van der Waals surface area contributed by atoms with Gasteiger partial charge in [0, 0.05) is 30.1 Å². The van der Waals surface area contributed by atoms with Crippen LogP contribution in [0.2, 0.25) is 5.02 Å². The number of aliphatic hydroxyl groups excluding tert-OH is 1. The molecule has 0 radical (unpaired) electrons. The van der Waals surface area contributed by atoms with Crippen LogP contribution in [0.15, 0.2) is 66.7 Å². The van der Waals surface area contributed by atoms with Gasteiger partial charge in [0.15, 0.2) is 0 Å². The summed E-state index contributed by atoms with van der Waals surface area (Å²) in [5, 5.41) is 17.1. The molecule has 0 bridgehead atoms. The predicted molar refractivity (Wildman–Crippen MR) is 162 cm³/mol. The summed E-state index contributed by atoms with van der Waals surface area (Å²) < 4.78 is 28.7. The molecule has 1 aliphatic rings. The Kier molecular flexibility index (Phi) is 8.44. The lowest BCUT2D eigenvalue weighted by Gasteiger charge is -2.36. The van der Waals surface area contributed by atoms with E-state index in [-0.39, 0.29) is 13.2 Å². The van der Waals surface area contributed by atoms with Crippen molar-refractivity contribution in [3.8, 4) is 11.5 Å². The maximum Gasteiger partial charge on any atom is 0.212 e. The molecule has 2 unspecified atom stereocenters. The Hall–Kier alpha value is -3.50. The van der Waals surface area contributed by atoms with Crippen molar-refractivity contribution in [1.29, 1.82) is 0 Å². The van der Waals surface area contributed by atoms with Gasteiger partial charge in [-0.05, 0) is 61.2 Å². The Morgan fingerprint density at radius 1 is 1.12 bits per heavy atom. The minimum absolute atomic E-state index is 0.104. The first-order chi connectivity index (χ1) is 20.4. The molecule has 5 aromatic rings. The lowest BCUT2D eigenvalue weighted by atomic mass is 9.94. The Bertz CT molecular complexity index is 1710. The van der Waals surface area contributed by atoms with Gasteiger partial charge in [-0.1, -0.05) is 59.3 Å². The van der Waals surface area contributed by atoms with Crippen molar-refractivity contribution in [2.24, 2.45) is 0 Å². The summed E-state index contributed by atoms with van der Waals surface area (Å²) >= 11 is 7.60. The summed E-state index contributed by atoms with van der Waals surface area (Å²) in [5.74, 6) is 1.18. The zero-order valence-corrected chi connectivity index (χ0v) is 25.0. The van der Waals surface area contributed by atoms with Crippen LogP contribution in [0.25, 0.3) is 4.96 Å². The van der Waals surface area contributed by atoms with Crippen LogP contribution >= 0.6 is 22.9 Å². The molecule has 218 valence electrons. The molecule has 2 atom stereocenters. The molecule has 10 heteroatoms. The first-order valence-corrected chi connectivity index (χ1v) is 15.1. The van der Waals surface area contributed by atoms with Gasteiger partial charge in [0.05, 0.1) is 24.5 Å². The van der Waals surface area contributed by atoms with Crippen molar-refractivity contribution in [3.63, 3.8) is 0 Å². The van der Waals surface area contributed by atoms with Crippen molar-refractivity contribution in [1.82, 2.24) is 19.5 Å². The van der Waals surface area contributed by atoms with Gasteiger partial charge in [-0.25, -0.2) is 13.9 Å². The molecule has 7 nitrogen and oxygen atoms in total. The van der Waals surface area contributed by atoms with Gasteiger partial charge in [0.1, 0.15) is 35.0 Å². The highest BCUT2D eigenvalue weighted by Gasteiger charge is 2.36. The Morgan fingerprint density at radius 3 is 2.81 bits per heavy atom. The van der Waals surface area contributed by atoms with Gasteiger partial charge in [0.2, 0.25) is 4.96 Å². The van der Waals surface area contributed by atoms with Gasteiger partial charge in [-0.3, -0.25) is 4.90 Å². The molecule has 0 aliphatic carbocycles. The third-order valence-electron chi connectivity index (χ3n) is 7.60. The number of aliphatic hydroxyl groups is 1. The number of halogens is 2. The molecule has 0 fully saturated rings. The second-order valence-electron chi connectivity index (χ2n) is 10.5. The molecule has 0 amide bonds. The minimum Gasteiger partial charge on any atom is -0.497 e. The second kappa shape index (κ2) is 12.4. The van der Waals surface area contributed by atoms with Gasteiger partial charge in [0.25, 0.3) is 0 Å². The third kappa shape index (κ3) is 6.01. The zero-order chi connectivity index (χ0) is 29.2. The molecule has 3 aromatic carbocycles. The number of aryl methyl sites for hydroxylation is 3. The van der Waals surface area contributed by atoms with Gasteiger partial charge >= 0.3 is 0 Å². The van der Waals surface area contributed by atoms with Crippen LogP contribution in [0.1, 0.15) is 39.1 Å². The number of hydrogen-bond acceptors (Lipinski definition) is 7. The summed E-state index contributed by atoms with van der Waals surface area (Å²) in [4.78, 5) is 7.66. The van der Waals surface area contributed by atoms with E-state index in [0.29, 0.717) is 23.6 Å². The number of ether oxygens (including phenoxy) is 2. The molecule has 42 heavy (non-hydrogen) atoms. The fourth-order valence-electron chi connectivity index (χ4n) is 5.64. The SMILES string of the molecule is COc1cccc(CCc2ccccc2OCC(O)CN2CCc3nc4sc(C)nn4c3C2c2ccc(Cl)cc2F)c1. The monoisotopic (exact) mass is 606 g/mol. The van der Waals surface area contributed by atoms with E-state index in [2.05, 4.69) is 16.1 Å². The first kappa shape index (κ1) is 28.6. The van der Waals surface area contributed by atoms with Crippen molar-refractivity contribution in [2.45, 2.75) is 38.3 Å². The number of β-amino-alcohol motifs (C(OH)–C–C–N with tert-alkyl or cyclic N) is 1. The van der Waals surface area contributed by atoms with E-state index in [4.69, 9.17) is 26.1 Å². The van der Waals surface area contributed by atoms with Gasteiger partial charge in [-0.15, -0.1) is 0 Å². The molecule has 1 aliphatic heterocycles. The molecule has 0 saturated heterocycles. The summed E-state index contributed by atoms with van der Waals surface area (Å²) in [7, 11) is 1.67. The topological polar surface area (TPSA) is 72.1 Å². The Morgan fingerprint density at radius 2 is 1.98 bits per heavy atom. The van der Waals surface area contributed by atoms with Crippen molar-refractivity contribution in [3.05, 3.63) is 111 Å². The van der Waals surface area contributed by atoms with E-state index in [9.17, 15) is 5.11 Å². The summed E-state index contributed by atoms with van der Waals surface area (Å²) in [6.07, 6.45) is 1.49. The van der Waals surface area contributed by atoms with E-state index in [1.165, 1.54) is 23.0 Å². The molecule has 3 heterocycles. The van der Waals surface area contributed by atoms with Crippen molar-refractivity contribution in [2.75, 3.05) is 26.8 Å². The predicted octanol–water partition coefficient (Wildman–Crippen LogP) is 6.07. The number of hydrogen-bond donors (Lipinski definition) is 1. The number of rotatable bonds is 10. The van der Waals surface area contributed by atoms with E-state index >= 15 is 4.39 Å². The lowest BCUT2D eigenvalue weighted by molar-refractivity contribution is 0.0533. The van der Waals surface area contributed by atoms with E-state index in [0.717, 1.165) is 51.3 Å².